The number of phenolic OH excluding ortho intramolecular Hbond substituents is 1. The Morgan fingerprint density at radius 3 is 2.67 bits per heavy atom. The highest BCUT2D eigenvalue weighted by atomic mass is 127. The summed E-state index contributed by atoms with van der Waals surface area (Å²) in [5, 5.41) is 9.40. The second-order valence-corrected chi connectivity index (χ2v) is 3.07. The summed E-state index contributed by atoms with van der Waals surface area (Å²) in [6.07, 6.45) is 0. The van der Waals surface area contributed by atoms with Gasteiger partial charge in [-0.3, -0.25) is 0 Å². The maximum atomic E-state index is 9.05. The van der Waals surface area contributed by atoms with E-state index in [-0.39, 0.29) is 5.75 Å². The molecule has 0 saturated carbocycles. The fourth-order valence-corrected chi connectivity index (χ4v) is 1.23. The minimum Gasteiger partial charge on any atom is -0.505 e. The highest BCUT2D eigenvalue weighted by Crippen LogP contribution is 2.27. The number of benzene rings is 1. The molecule has 9 heavy (non-hydrogen) atoms. The van der Waals surface area contributed by atoms with Crippen LogP contribution in [0, 0.1) is 9.64 Å². The molecule has 0 spiro atoms. The maximum absolute atomic E-state index is 9.05. The normalized spacial score (nSPS) is 9.56. The third-order valence-corrected chi connectivity index (χ3v) is 1.98. The van der Waals surface area contributed by atoms with Crippen LogP contribution in [0.4, 0.5) is 0 Å². The quantitative estimate of drug-likeness (QED) is 0.704. The van der Waals surface area contributed by atoms with E-state index in [1.165, 1.54) is 6.07 Å². The van der Waals surface area contributed by atoms with Crippen molar-refractivity contribution in [3.05, 3.63) is 26.8 Å². The Bertz CT molecular complexity index is 204. The predicted molar refractivity (Wildman–Crippen MR) is 44.7 cm³/mol. The third-order valence-electron chi connectivity index (χ3n) is 0.873. The minimum absolute atomic E-state index is 0.135. The van der Waals surface area contributed by atoms with E-state index in [9.17, 15) is 0 Å². The highest BCUT2D eigenvalue weighted by Gasteiger charge is 1.99. The number of rotatable bonds is 0. The van der Waals surface area contributed by atoms with Gasteiger partial charge in [0.25, 0.3) is 0 Å². The van der Waals surface area contributed by atoms with Crippen molar-refractivity contribution in [3.8, 4) is 5.75 Å². The van der Waals surface area contributed by atoms with E-state index in [4.69, 9.17) is 16.7 Å². The van der Waals surface area contributed by atoms with Crippen molar-refractivity contribution in [1.82, 2.24) is 0 Å². The van der Waals surface area contributed by atoms with E-state index in [2.05, 4.69) is 6.07 Å². The van der Waals surface area contributed by atoms with Gasteiger partial charge in [-0.1, -0.05) is 11.6 Å². The Balaban J connectivity index is 3.25. The van der Waals surface area contributed by atoms with Crippen molar-refractivity contribution in [1.29, 1.82) is 0 Å². The van der Waals surface area contributed by atoms with Crippen LogP contribution in [0.25, 0.3) is 0 Å². The van der Waals surface area contributed by atoms with Gasteiger partial charge in [0.15, 0.2) is 0 Å². The molecule has 1 nitrogen and oxygen atoms in total. The number of hydrogen-bond donors (Lipinski definition) is 1. The molecule has 1 aromatic carbocycles. The first-order chi connectivity index (χ1) is 4.22. The average Bonchev–Trinajstić information content (AvgIpc) is 1.83. The van der Waals surface area contributed by atoms with Crippen LogP contribution in [0.1, 0.15) is 0 Å². The van der Waals surface area contributed by atoms with Gasteiger partial charge in [-0.05, 0) is 40.8 Å². The van der Waals surface area contributed by atoms with Crippen LogP contribution < -0.4 is 0 Å². The molecule has 0 aromatic heterocycles. The molecule has 0 fully saturated rings. The van der Waals surface area contributed by atoms with E-state index < -0.39 is 0 Å². The Morgan fingerprint density at radius 1 is 1.56 bits per heavy atom. The molecule has 0 bridgehead atoms. The second-order valence-electron chi connectivity index (χ2n) is 1.50. The summed E-state index contributed by atoms with van der Waals surface area (Å²) in [6, 6.07) is 5.97. The average molecular weight is 253 g/mol. The smallest absolute Gasteiger partial charge is 0.147 e. The Labute approximate surface area is 71.8 Å². The van der Waals surface area contributed by atoms with Gasteiger partial charge in [0, 0.05) is 0 Å². The second kappa shape index (κ2) is 2.75. The van der Waals surface area contributed by atoms with Crippen molar-refractivity contribution in [3.63, 3.8) is 0 Å². The summed E-state index contributed by atoms with van der Waals surface area (Å²) in [5.41, 5.74) is 0. The molecule has 0 aliphatic carbocycles. The van der Waals surface area contributed by atoms with Crippen molar-refractivity contribution in [2.24, 2.45) is 0 Å². The van der Waals surface area contributed by atoms with Gasteiger partial charge >= 0.3 is 0 Å². The van der Waals surface area contributed by atoms with Crippen molar-refractivity contribution in [2.75, 3.05) is 0 Å². The Kier molecular flexibility index (Phi) is 2.18. The number of halogens is 2. The molecule has 0 unspecified atom stereocenters. The topological polar surface area (TPSA) is 20.2 Å². The molecule has 1 radical (unpaired) electrons. The van der Waals surface area contributed by atoms with Crippen LogP contribution in [0.15, 0.2) is 12.1 Å². The fraction of sp³-hybridized carbons (Fsp3) is 0. The summed E-state index contributed by atoms with van der Waals surface area (Å²) < 4.78 is 0.722. The van der Waals surface area contributed by atoms with Crippen LogP contribution >= 0.6 is 34.2 Å². The van der Waals surface area contributed by atoms with Crippen LogP contribution in [0.5, 0.6) is 5.75 Å². The fourth-order valence-electron chi connectivity index (χ4n) is 0.439. The maximum Gasteiger partial charge on any atom is 0.147 e. The molecular formula is C6H3ClIO. The lowest BCUT2D eigenvalue weighted by atomic mass is 10.3. The summed E-state index contributed by atoms with van der Waals surface area (Å²) >= 11 is 7.51. The lowest BCUT2D eigenvalue weighted by molar-refractivity contribution is 0.472. The molecule has 0 aliphatic heterocycles. The first kappa shape index (κ1) is 7.15. The summed E-state index contributed by atoms with van der Waals surface area (Å²) in [6.45, 7) is 0. The summed E-state index contributed by atoms with van der Waals surface area (Å²) in [7, 11) is 0. The SMILES string of the molecule is Oc1c(Cl)c[c]cc1I. The van der Waals surface area contributed by atoms with Crippen molar-refractivity contribution in [2.45, 2.75) is 0 Å². The zero-order valence-corrected chi connectivity index (χ0v) is 7.27. The highest BCUT2D eigenvalue weighted by molar-refractivity contribution is 14.1. The summed E-state index contributed by atoms with van der Waals surface area (Å²) in [4.78, 5) is 0. The van der Waals surface area contributed by atoms with Gasteiger partial charge < -0.3 is 5.11 Å². The number of hydrogen-bond acceptors (Lipinski definition) is 1. The zero-order valence-electron chi connectivity index (χ0n) is 4.36. The largest absolute Gasteiger partial charge is 0.505 e. The van der Waals surface area contributed by atoms with E-state index >= 15 is 0 Å². The van der Waals surface area contributed by atoms with Gasteiger partial charge in [0.2, 0.25) is 0 Å². The van der Waals surface area contributed by atoms with Gasteiger partial charge in [-0.15, -0.1) is 0 Å². The molecule has 0 atom stereocenters. The van der Waals surface area contributed by atoms with Crippen LogP contribution in [0.2, 0.25) is 5.02 Å². The van der Waals surface area contributed by atoms with E-state index in [1.807, 2.05) is 22.6 Å². The minimum atomic E-state index is 0.135. The monoisotopic (exact) mass is 253 g/mol. The number of phenols is 1. The molecular weight excluding hydrogens is 250 g/mol. The molecule has 3 heteroatoms. The van der Waals surface area contributed by atoms with Gasteiger partial charge in [-0.25, -0.2) is 0 Å². The third kappa shape index (κ3) is 1.49. The van der Waals surface area contributed by atoms with Crippen molar-refractivity contribution < 1.29 is 5.11 Å². The summed E-state index contributed by atoms with van der Waals surface area (Å²) in [5.74, 6) is 0.135. The van der Waals surface area contributed by atoms with E-state index in [1.54, 1.807) is 6.07 Å². The molecule has 1 rings (SSSR count). The van der Waals surface area contributed by atoms with Crippen LogP contribution in [-0.2, 0) is 0 Å². The first-order valence-electron chi connectivity index (χ1n) is 2.26. The molecule has 1 N–H and O–H groups in total. The molecule has 0 saturated heterocycles. The van der Waals surface area contributed by atoms with E-state index in [0.29, 0.717) is 5.02 Å². The van der Waals surface area contributed by atoms with Gasteiger partial charge in [0.1, 0.15) is 5.75 Å². The molecule has 0 aliphatic rings. The first-order valence-corrected chi connectivity index (χ1v) is 3.71. The predicted octanol–water partition coefficient (Wildman–Crippen LogP) is 2.45. The molecule has 47 valence electrons. The van der Waals surface area contributed by atoms with Gasteiger partial charge in [0.05, 0.1) is 8.59 Å². The number of aromatic hydroxyl groups is 1. The van der Waals surface area contributed by atoms with Crippen LogP contribution in [-0.4, -0.2) is 5.11 Å². The lowest BCUT2D eigenvalue weighted by Gasteiger charge is -1.95. The zero-order chi connectivity index (χ0) is 6.85. The Hall–Kier alpha value is 0.0400. The Morgan fingerprint density at radius 2 is 2.22 bits per heavy atom. The molecule has 0 heterocycles. The van der Waals surface area contributed by atoms with Crippen molar-refractivity contribution >= 4 is 34.2 Å². The molecule has 0 amide bonds. The molecule has 1 aromatic rings. The standard InChI is InChI=1S/C6H3ClIO/c7-4-2-1-3-5(8)6(4)9/h2-3,9H. The van der Waals surface area contributed by atoms with Gasteiger partial charge in [-0.2, -0.15) is 0 Å². The van der Waals surface area contributed by atoms with Crippen LogP contribution in [0.3, 0.4) is 0 Å². The lowest BCUT2D eigenvalue weighted by Crippen LogP contribution is -1.72. The van der Waals surface area contributed by atoms with E-state index in [0.717, 1.165) is 3.57 Å².